The lowest BCUT2D eigenvalue weighted by molar-refractivity contribution is -0.119. The Labute approximate surface area is 188 Å². The van der Waals surface area contributed by atoms with Crippen molar-refractivity contribution >= 4 is 33.4 Å². The fourth-order valence-electron chi connectivity index (χ4n) is 3.05. The van der Waals surface area contributed by atoms with E-state index in [9.17, 15) is 13.2 Å². The second-order valence-electron chi connectivity index (χ2n) is 7.34. The first-order valence-electron chi connectivity index (χ1n) is 10.1. The molecule has 0 aliphatic carbocycles. The van der Waals surface area contributed by atoms with E-state index in [0.717, 1.165) is 28.5 Å². The Balaban J connectivity index is 1.46. The molecule has 9 heteroatoms. The predicted octanol–water partition coefficient (Wildman–Crippen LogP) is 2.97. The maximum atomic E-state index is 12.4. The minimum atomic E-state index is -3.64. The van der Waals surface area contributed by atoms with Crippen molar-refractivity contribution in [1.82, 2.24) is 5.32 Å². The number of benzene rings is 2. The Morgan fingerprint density at radius 3 is 2.52 bits per heavy atom. The molecular weight excluding hydrogens is 436 g/mol. The molecule has 7 nitrogen and oxygen atoms in total. The van der Waals surface area contributed by atoms with Gasteiger partial charge in [0, 0.05) is 18.4 Å². The summed E-state index contributed by atoms with van der Waals surface area (Å²) in [4.78, 5) is 12.4. The molecule has 0 unspecified atom stereocenters. The number of fused-ring (bicyclic) bond motifs is 1. The molecule has 0 atom stereocenters. The standard InChI is InChI=1S/C22H28N2O5S2/c1-17-4-6-18(7-5-17)16-30-13-3-10-23-22(25)15-24(31(2,26)27)19-8-9-20-21(14-19)29-12-11-28-20/h4-9,14H,3,10-13,15-16H2,1-2H3,(H,23,25). The Bertz CT molecular complexity index is 993. The second-order valence-corrected chi connectivity index (χ2v) is 10.4. The molecular formula is C22H28N2O5S2. The van der Waals surface area contributed by atoms with Crippen molar-refractivity contribution in [3.05, 3.63) is 53.6 Å². The molecule has 0 saturated heterocycles. The number of hydrogen-bond donors (Lipinski definition) is 1. The maximum absolute atomic E-state index is 12.4. The summed E-state index contributed by atoms with van der Waals surface area (Å²) >= 11 is 1.81. The van der Waals surface area contributed by atoms with E-state index in [1.54, 1.807) is 18.2 Å². The van der Waals surface area contributed by atoms with Gasteiger partial charge >= 0.3 is 0 Å². The number of carbonyl (C=O) groups excluding carboxylic acids is 1. The number of amides is 1. The molecule has 2 aromatic rings. The fraction of sp³-hybridized carbons (Fsp3) is 0.409. The maximum Gasteiger partial charge on any atom is 0.240 e. The highest BCUT2D eigenvalue weighted by Crippen LogP contribution is 2.34. The van der Waals surface area contributed by atoms with Crippen LogP contribution < -0.4 is 19.1 Å². The van der Waals surface area contributed by atoms with Crippen molar-refractivity contribution < 1.29 is 22.7 Å². The summed E-state index contributed by atoms with van der Waals surface area (Å²) in [6.45, 7) is 3.14. The summed E-state index contributed by atoms with van der Waals surface area (Å²) in [6.07, 6.45) is 1.89. The van der Waals surface area contributed by atoms with Gasteiger partial charge in [-0.15, -0.1) is 0 Å². The van der Waals surface area contributed by atoms with Crippen LogP contribution >= 0.6 is 11.8 Å². The molecule has 2 aromatic carbocycles. The Hall–Kier alpha value is -2.39. The summed E-state index contributed by atoms with van der Waals surface area (Å²) in [5.74, 6) is 2.54. The van der Waals surface area contributed by atoms with Crippen LogP contribution in [0.1, 0.15) is 17.5 Å². The normalized spacial score (nSPS) is 13.0. The third-order valence-electron chi connectivity index (χ3n) is 4.68. The topological polar surface area (TPSA) is 84.9 Å². The van der Waals surface area contributed by atoms with Gasteiger partial charge in [-0.2, -0.15) is 11.8 Å². The molecule has 1 aliphatic heterocycles. The lowest BCUT2D eigenvalue weighted by atomic mass is 10.2. The van der Waals surface area contributed by atoms with Gasteiger partial charge < -0.3 is 14.8 Å². The number of aryl methyl sites for hydroxylation is 1. The quantitative estimate of drug-likeness (QED) is 0.544. The number of sulfonamides is 1. The monoisotopic (exact) mass is 464 g/mol. The summed E-state index contributed by atoms with van der Waals surface area (Å²) in [6, 6.07) is 13.3. The Morgan fingerprint density at radius 2 is 1.81 bits per heavy atom. The van der Waals surface area contributed by atoms with E-state index < -0.39 is 10.0 Å². The molecule has 1 aliphatic rings. The molecule has 0 fully saturated rings. The Morgan fingerprint density at radius 1 is 1.10 bits per heavy atom. The second kappa shape index (κ2) is 10.8. The number of thioether (sulfide) groups is 1. The number of ether oxygens (including phenoxy) is 2. The molecule has 1 heterocycles. The minimum Gasteiger partial charge on any atom is -0.486 e. The zero-order valence-electron chi connectivity index (χ0n) is 17.8. The molecule has 0 radical (unpaired) electrons. The highest BCUT2D eigenvalue weighted by atomic mass is 32.2. The van der Waals surface area contributed by atoms with Gasteiger partial charge in [-0.25, -0.2) is 8.42 Å². The number of nitrogens with zero attached hydrogens (tertiary/aromatic N) is 1. The van der Waals surface area contributed by atoms with E-state index in [-0.39, 0.29) is 12.5 Å². The van der Waals surface area contributed by atoms with Crippen LogP contribution in [0.4, 0.5) is 5.69 Å². The van der Waals surface area contributed by atoms with Gasteiger partial charge in [0.2, 0.25) is 15.9 Å². The molecule has 0 saturated carbocycles. The van der Waals surface area contributed by atoms with Crippen molar-refractivity contribution in [2.45, 2.75) is 19.1 Å². The van der Waals surface area contributed by atoms with E-state index in [4.69, 9.17) is 9.47 Å². The third-order valence-corrected chi connectivity index (χ3v) is 6.93. The highest BCUT2D eigenvalue weighted by Gasteiger charge is 2.23. The van der Waals surface area contributed by atoms with Crippen LogP contribution in [0.3, 0.4) is 0 Å². The summed E-state index contributed by atoms with van der Waals surface area (Å²) in [5, 5.41) is 2.81. The SMILES string of the molecule is Cc1ccc(CSCCCNC(=O)CN(c2ccc3c(c2)OCCO3)S(C)(=O)=O)cc1. The summed E-state index contributed by atoms with van der Waals surface area (Å²) in [7, 11) is -3.64. The number of hydrogen-bond acceptors (Lipinski definition) is 6. The van der Waals surface area contributed by atoms with Crippen molar-refractivity contribution in [3.63, 3.8) is 0 Å². The van der Waals surface area contributed by atoms with Gasteiger partial charge in [0.1, 0.15) is 19.8 Å². The first-order chi connectivity index (χ1) is 14.8. The number of nitrogens with one attached hydrogen (secondary N) is 1. The smallest absolute Gasteiger partial charge is 0.240 e. The first kappa shape index (κ1) is 23.3. The molecule has 31 heavy (non-hydrogen) atoms. The molecule has 1 amide bonds. The van der Waals surface area contributed by atoms with Gasteiger partial charge in [-0.3, -0.25) is 9.10 Å². The van der Waals surface area contributed by atoms with Crippen molar-refractivity contribution in [1.29, 1.82) is 0 Å². The third kappa shape index (κ3) is 7.07. The minimum absolute atomic E-state index is 0.283. The number of anilines is 1. The molecule has 0 aromatic heterocycles. The van der Waals surface area contributed by atoms with E-state index in [1.807, 2.05) is 11.8 Å². The Kier molecular flexibility index (Phi) is 8.09. The zero-order chi connectivity index (χ0) is 22.3. The predicted molar refractivity (Wildman–Crippen MR) is 125 cm³/mol. The average molecular weight is 465 g/mol. The molecule has 1 N–H and O–H groups in total. The van der Waals surface area contributed by atoms with E-state index in [1.165, 1.54) is 11.1 Å². The largest absolute Gasteiger partial charge is 0.486 e. The van der Waals surface area contributed by atoms with Crippen LogP contribution in [0, 0.1) is 6.92 Å². The molecule has 3 rings (SSSR count). The van der Waals surface area contributed by atoms with Crippen LogP contribution in [-0.2, 0) is 20.6 Å². The van der Waals surface area contributed by atoms with Crippen molar-refractivity contribution in [3.8, 4) is 11.5 Å². The summed E-state index contributed by atoms with van der Waals surface area (Å²) < 4.78 is 36.6. The van der Waals surface area contributed by atoms with Crippen LogP contribution in [0.2, 0.25) is 0 Å². The van der Waals surface area contributed by atoms with Gasteiger partial charge in [0.05, 0.1) is 11.9 Å². The van der Waals surface area contributed by atoms with Gasteiger partial charge in [-0.1, -0.05) is 29.8 Å². The fourth-order valence-corrected chi connectivity index (χ4v) is 4.82. The van der Waals surface area contributed by atoms with Crippen LogP contribution in [-0.4, -0.2) is 52.6 Å². The lowest BCUT2D eigenvalue weighted by Crippen LogP contribution is -2.40. The molecule has 0 bridgehead atoms. The van der Waals surface area contributed by atoms with E-state index >= 15 is 0 Å². The van der Waals surface area contributed by atoms with Gasteiger partial charge in [0.15, 0.2) is 11.5 Å². The van der Waals surface area contributed by atoms with Crippen LogP contribution in [0.15, 0.2) is 42.5 Å². The zero-order valence-corrected chi connectivity index (χ0v) is 19.4. The molecule has 168 valence electrons. The van der Waals surface area contributed by atoms with Crippen LogP contribution in [0.5, 0.6) is 11.5 Å². The average Bonchev–Trinajstić information content (AvgIpc) is 2.74. The number of carbonyl (C=O) groups is 1. The van der Waals surface area contributed by atoms with Gasteiger partial charge in [0.25, 0.3) is 0 Å². The first-order valence-corrected chi connectivity index (χ1v) is 13.1. The van der Waals surface area contributed by atoms with Gasteiger partial charge in [-0.05, 0) is 36.8 Å². The molecule has 0 spiro atoms. The summed E-state index contributed by atoms with van der Waals surface area (Å²) in [5.41, 5.74) is 2.90. The van der Waals surface area contributed by atoms with Crippen molar-refractivity contribution in [2.75, 3.05) is 42.6 Å². The van der Waals surface area contributed by atoms with E-state index in [2.05, 4.69) is 36.5 Å². The van der Waals surface area contributed by atoms with E-state index in [0.29, 0.717) is 36.9 Å². The lowest BCUT2D eigenvalue weighted by Gasteiger charge is -2.24. The van der Waals surface area contributed by atoms with Crippen LogP contribution in [0.25, 0.3) is 0 Å². The number of rotatable bonds is 10. The van der Waals surface area contributed by atoms with Crippen molar-refractivity contribution in [2.24, 2.45) is 0 Å². The highest BCUT2D eigenvalue weighted by molar-refractivity contribution is 7.98.